The second-order valence-corrected chi connectivity index (χ2v) is 2.05. The Labute approximate surface area is 59.9 Å². The van der Waals surface area contributed by atoms with Crippen LogP contribution in [0, 0.1) is 0 Å². The van der Waals surface area contributed by atoms with E-state index in [0.717, 1.165) is 6.08 Å². The van der Waals surface area contributed by atoms with E-state index in [1.807, 2.05) is 0 Å². The van der Waals surface area contributed by atoms with Crippen molar-refractivity contribution in [1.82, 2.24) is 0 Å². The van der Waals surface area contributed by atoms with Crippen molar-refractivity contribution < 1.29 is 15.3 Å². The Morgan fingerprint density at radius 3 is 2.20 bits per heavy atom. The molecular weight excluding hydrogens is 132 g/mol. The minimum Gasteiger partial charge on any atom is -0.383 e. The minimum absolute atomic E-state index is 0.0831. The quantitative estimate of drug-likeness (QED) is 0.378. The van der Waals surface area contributed by atoms with E-state index in [0.29, 0.717) is 0 Å². The zero-order chi connectivity index (χ0) is 8.20. The highest BCUT2D eigenvalue weighted by Gasteiger charge is 2.28. The molecule has 0 amide bonds. The van der Waals surface area contributed by atoms with Crippen LogP contribution in [0.5, 0.6) is 0 Å². The normalized spacial score (nSPS) is 14.3. The Kier molecular flexibility index (Phi) is 3.28. The third-order valence-electron chi connectivity index (χ3n) is 1.14. The molecule has 0 heterocycles. The highest BCUT2D eigenvalue weighted by molar-refractivity contribution is 4.92. The fourth-order valence-corrected chi connectivity index (χ4v) is 0.522. The fraction of sp³-hybridized carbons (Fsp3) is 0.429. The fourth-order valence-electron chi connectivity index (χ4n) is 0.522. The first-order chi connectivity index (χ1) is 4.54. The van der Waals surface area contributed by atoms with E-state index in [4.69, 9.17) is 15.3 Å². The number of hydrogen-bond acceptors (Lipinski definition) is 3. The molecule has 10 heavy (non-hydrogen) atoms. The van der Waals surface area contributed by atoms with Gasteiger partial charge in [0.25, 0.3) is 0 Å². The largest absolute Gasteiger partial charge is 0.383 e. The summed E-state index contributed by atoms with van der Waals surface area (Å²) in [7, 11) is 0. The van der Waals surface area contributed by atoms with Crippen molar-refractivity contribution in [2.75, 3.05) is 0 Å². The first-order valence-corrected chi connectivity index (χ1v) is 2.91. The monoisotopic (exact) mass is 144 g/mol. The Morgan fingerprint density at radius 2 is 1.90 bits per heavy atom. The van der Waals surface area contributed by atoms with Gasteiger partial charge in [-0.05, 0) is 0 Å². The molecule has 0 radical (unpaired) electrons. The van der Waals surface area contributed by atoms with Crippen LogP contribution in [0.2, 0.25) is 0 Å². The molecule has 0 aromatic rings. The maximum absolute atomic E-state index is 8.95. The number of aliphatic hydroxyl groups excluding tert-OH is 1. The average Bonchev–Trinajstić information content (AvgIpc) is 1.86. The standard InChI is InChI=1S/C7H12O3/c1-3-5-7(9,10)6(8)4-2/h3-4,6,8-10H,1-2,5H2. The lowest BCUT2D eigenvalue weighted by atomic mass is 10.1. The third-order valence-corrected chi connectivity index (χ3v) is 1.14. The predicted molar refractivity (Wildman–Crippen MR) is 38.2 cm³/mol. The van der Waals surface area contributed by atoms with Crippen molar-refractivity contribution in [3.63, 3.8) is 0 Å². The zero-order valence-electron chi connectivity index (χ0n) is 5.70. The first kappa shape index (κ1) is 9.36. The van der Waals surface area contributed by atoms with Gasteiger partial charge in [-0.2, -0.15) is 0 Å². The number of hydrogen-bond donors (Lipinski definition) is 3. The van der Waals surface area contributed by atoms with Crippen molar-refractivity contribution in [3.8, 4) is 0 Å². The third kappa shape index (κ3) is 2.31. The molecule has 0 saturated heterocycles. The lowest BCUT2D eigenvalue weighted by molar-refractivity contribution is -0.207. The molecule has 3 nitrogen and oxygen atoms in total. The minimum atomic E-state index is -2.12. The maximum Gasteiger partial charge on any atom is 0.196 e. The summed E-state index contributed by atoms with van der Waals surface area (Å²) in [6.07, 6.45) is 0.960. The van der Waals surface area contributed by atoms with Crippen LogP contribution in [0.4, 0.5) is 0 Å². The van der Waals surface area contributed by atoms with Crippen LogP contribution >= 0.6 is 0 Å². The second kappa shape index (κ2) is 3.51. The Balaban J connectivity index is 4.07. The molecule has 0 aliphatic carbocycles. The average molecular weight is 144 g/mol. The molecule has 0 bridgehead atoms. The summed E-state index contributed by atoms with van der Waals surface area (Å²) < 4.78 is 0. The molecule has 1 unspecified atom stereocenters. The van der Waals surface area contributed by atoms with E-state index < -0.39 is 11.9 Å². The number of aliphatic hydroxyl groups is 3. The van der Waals surface area contributed by atoms with Crippen molar-refractivity contribution >= 4 is 0 Å². The van der Waals surface area contributed by atoms with Crippen molar-refractivity contribution in [1.29, 1.82) is 0 Å². The van der Waals surface area contributed by atoms with E-state index in [-0.39, 0.29) is 6.42 Å². The lowest BCUT2D eigenvalue weighted by Gasteiger charge is -2.23. The van der Waals surface area contributed by atoms with Gasteiger partial charge in [-0.15, -0.1) is 13.2 Å². The molecule has 0 aliphatic heterocycles. The molecular formula is C7H12O3. The topological polar surface area (TPSA) is 60.7 Å². The van der Waals surface area contributed by atoms with Crippen molar-refractivity contribution in [2.45, 2.75) is 18.3 Å². The van der Waals surface area contributed by atoms with Crippen LogP contribution in [-0.2, 0) is 0 Å². The van der Waals surface area contributed by atoms with E-state index in [2.05, 4.69) is 13.2 Å². The van der Waals surface area contributed by atoms with Gasteiger partial charge >= 0.3 is 0 Å². The van der Waals surface area contributed by atoms with Gasteiger partial charge in [0.05, 0.1) is 0 Å². The van der Waals surface area contributed by atoms with Crippen molar-refractivity contribution in [2.24, 2.45) is 0 Å². The molecule has 0 aliphatic rings. The van der Waals surface area contributed by atoms with E-state index in [9.17, 15) is 0 Å². The molecule has 0 spiro atoms. The molecule has 0 fully saturated rings. The summed E-state index contributed by atoms with van der Waals surface area (Å²) in [6.45, 7) is 6.50. The molecule has 1 atom stereocenters. The van der Waals surface area contributed by atoms with Gasteiger partial charge in [-0.1, -0.05) is 12.2 Å². The summed E-state index contributed by atoms with van der Waals surface area (Å²) in [4.78, 5) is 0. The van der Waals surface area contributed by atoms with E-state index >= 15 is 0 Å². The van der Waals surface area contributed by atoms with Gasteiger partial charge in [0.1, 0.15) is 6.10 Å². The van der Waals surface area contributed by atoms with Crippen LogP contribution in [-0.4, -0.2) is 27.2 Å². The van der Waals surface area contributed by atoms with E-state index in [1.165, 1.54) is 6.08 Å². The summed E-state index contributed by atoms with van der Waals surface area (Å²) in [5.74, 6) is -2.12. The predicted octanol–water partition coefficient (Wildman–Crippen LogP) is -0.210. The van der Waals surface area contributed by atoms with Gasteiger partial charge in [0, 0.05) is 6.42 Å². The summed E-state index contributed by atoms with van der Waals surface area (Å²) in [6, 6.07) is 0. The summed E-state index contributed by atoms with van der Waals surface area (Å²) in [5, 5.41) is 26.7. The Morgan fingerprint density at radius 1 is 1.40 bits per heavy atom. The first-order valence-electron chi connectivity index (χ1n) is 2.91. The van der Waals surface area contributed by atoms with Gasteiger partial charge < -0.3 is 15.3 Å². The molecule has 0 aromatic carbocycles. The smallest absolute Gasteiger partial charge is 0.196 e. The molecule has 3 N–H and O–H groups in total. The highest BCUT2D eigenvalue weighted by atomic mass is 16.5. The second-order valence-electron chi connectivity index (χ2n) is 2.05. The Bertz CT molecular complexity index is 129. The van der Waals surface area contributed by atoms with Crippen LogP contribution in [0.15, 0.2) is 25.3 Å². The highest BCUT2D eigenvalue weighted by Crippen LogP contribution is 2.12. The van der Waals surface area contributed by atoms with Crippen LogP contribution < -0.4 is 0 Å². The van der Waals surface area contributed by atoms with Gasteiger partial charge in [0.2, 0.25) is 0 Å². The molecule has 0 aromatic heterocycles. The number of rotatable bonds is 4. The lowest BCUT2D eigenvalue weighted by Crippen LogP contribution is -2.40. The van der Waals surface area contributed by atoms with Crippen LogP contribution in [0.25, 0.3) is 0 Å². The maximum atomic E-state index is 8.95. The molecule has 3 heteroatoms. The summed E-state index contributed by atoms with van der Waals surface area (Å²) >= 11 is 0. The zero-order valence-corrected chi connectivity index (χ0v) is 5.70. The van der Waals surface area contributed by atoms with Gasteiger partial charge in [-0.3, -0.25) is 0 Å². The molecule has 58 valence electrons. The van der Waals surface area contributed by atoms with Crippen LogP contribution in [0.3, 0.4) is 0 Å². The summed E-state index contributed by atoms with van der Waals surface area (Å²) in [5.41, 5.74) is 0. The van der Waals surface area contributed by atoms with Crippen LogP contribution in [0.1, 0.15) is 6.42 Å². The molecule has 0 rings (SSSR count). The Hall–Kier alpha value is -0.640. The van der Waals surface area contributed by atoms with Crippen molar-refractivity contribution in [3.05, 3.63) is 25.3 Å². The van der Waals surface area contributed by atoms with E-state index in [1.54, 1.807) is 0 Å². The molecule has 0 saturated carbocycles. The SMILES string of the molecule is C=CCC(O)(O)C(O)C=C. The van der Waals surface area contributed by atoms with Gasteiger partial charge in [-0.25, -0.2) is 0 Å². The van der Waals surface area contributed by atoms with Gasteiger partial charge in [0.15, 0.2) is 5.79 Å².